The number of nitrogens with zero attached hydrogens (tertiary/aromatic N) is 1. The van der Waals surface area contributed by atoms with E-state index in [4.69, 9.17) is 4.74 Å². The van der Waals surface area contributed by atoms with Crippen LogP contribution in [0.5, 0.6) is 0 Å². The summed E-state index contributed by atoms with van der Waals surface area (Å²) < 4.78 is 4.83. The summed E-state index contributed by atoms with van der Waals surface area (Å²) in [6.45, 7) is 5.35. The molecule has 4 nitrogen and oxygen atoms in total. The molecule has 1 aromatic heterocycles. The van der Waals surface area contributed by atoms with Gasteiger partial charge in [0.1, 0.15) is 0 Å². The SMILES string of the molecule is CCOC(=O)CC(=Cc1cccc(C)n1)C(C)=O. The summed E-state index contributed by atoms with van der Waals surface area (Å²) in [7, 11) is 0. The molecule has 0 fully saturated rings. The van der Waals surface area contributed by atoms with Crippen molar-refractivity contribution in [2.45, 2.75) is 27.2 Å². The second-order valence-electron chi connectivity index (χ2n) is 3.91. The fourth-order valence-electron chi connectivity index (χ4n) is 1.47. The van der Waals surface area contributed by atoms with Gasteiger partial charge in [0.15, 0.2) is 5.78 Å². The zero-order valence-corrected chi connectivity index (χ0v) is 10.9. The Morgan fingerprint density at radius 2 is 2.11 bits per heavy atom. The van der Waals surface area contributed by atoms with Gasteiger partial charge in [0, 0.05) is 11.3 Å². The highest BCUT2D eigenvalue weighted by atomic mass is 16.5. The molecule has 0 saturated heterocycles. The monoisotopic (exact) mass is 247 g/mol. The summed E-state index contributed by atoms with van der Waals surface area (Å²) >= 11 is 0. The van der Waals surface area contributed by atoms with Crippen molar-refractivity contribution >= 4 is 17.8 Å². The fraction of sp³-hybridized carbons (Fsp3) is 0.357. The van der Waals surface area contributed by atoms with Crippen molar-refractivity contribution < 1.29 is 14.3 Å². The van der Waals surface area contributed by atoms with E-state index in [-0.39, 0.29) is 12.2 Å². The molecule has 0 radical (unpaired) electrons. The van der Waals surface area contributed by atoms with Gasteiger partial charge in [0.2, 0.25) is 0 Å². The van der Waals surface area contributed by atoms with Crippen LogP contribution in [0.4, 0.5) is 0 Å². The maximum atomic E-state index is 11.5. The van der Waals surface area contributed by atoms with Gasteiger partial charge in [-0.25, -0.2) is 0 Å². The van der Waals surface area contributed by atoms with Crippen molar-refractivity contribution in [1.29, 1.82) is 0 Å². The third-order valence-electron chi connectivity index (χ3n) is 2.32. The lowest BCUT2D eigenvalue weighted by Crippen LogP contribution is -2.09. The van der Waals surface area contributed by atoms with Crippen LogP contribution in [0.1, 0.15) is 31.7 Å². The molecule has 0 N–H and O–H groups in total. The number of pyridine rings is 1. The minimum atomic E-state index is -0.397. The molecule has 0 aliphatic heterocycles. The average Bonchev–Trinajstić information content (AvgIpc) is 2.28. The molecule has 4 heteroatoms. The quantitative estimate of drug-likeness (QED) is 0.592. The molecule has 0 saturated carbocycles. The molecule has 1 aromatic rings. The number of ether oxygens (including phenoxy) is 1. The number of hydrogen-bond acceptors (Lipinski definition) is 4. The molecule has 96 valence electrons. The molecule has 0 aliphatic rings. The standard InChI is InChI=1S/C14H17NO3/c1-4-18-14(17)9-12(11(3)16)8-13-7-5-6-10(2)15-13/h5-8H,4,9H2,1-3H3. The molecule has 0 unspecified atom stereocenters. The Bertz CT molecular complexity index is 478. The van der Waals surface area contributed by atoms with Gasteiger partial charge in [-0.1, -0.05) is 6.07 Å². The predicted octanol–water partition coefficient (Wildman–Crippen LogP) is 2.32. The van der Waals surface area contributed by atoms with E-state index in [0.29, 0.717) is 17.9 Å². The number of carbonyl (C=O) groups excluding carboxylic acids is 2. The molecule has 0 atom stereocenters. The Morgan fingerprint density at radius 1 is 1.39 bits per heavy atom. The van der Waals surface area contributed by atoms with Gasteiger partial charge in [0.05, 0.1) is 18.7 Å². The molecular formula is C14H17NO3. The van der Waals surface area contributed by atoms with Crippen molar-refractivity contribution in [2.75, 3.05) is 6.61 Å². The number of esters is 1. The van der Waals surface area contributed by atoms with Crippen molar-refractivity contribution in [3.63, 3.8) is 0 Å². The number of hydrogen-bond donors (Lipinski definition) is 0. The maximum Gasteiger partial charge on any atom is 0.310 e. The lowest BCUT2D eigenvalue weighted by molar-refractivity contribution is -0.142. The molecule has 0 aromatic carbocycles. The van der Waals surface area contributed by atoms with Crippen molar-refractivity contribution in [3.8, 4) is 0 Å². The highest BCUT2D eigenvalue weighted by Crippen LogP contribution is 2.11. The van der Waals surface area contributed by atoms with Crippen molar-refractivity contribution in [1.82, 2.24) is 4.98 Å². The first-order valence-electron chi connectivity index (χ1n) is 5.83. The summed E-state index contributed by atoms with van der Waals surface area (Å²) in [5, 5.41) is 0. The summed E-state index contributed by atoms with van der Waals surface area (Å²) in [6.07, 6.45) is 1.62. The maximum absolute atomic E-state index is 11.5. The van der Waals surface area contributed by atoms with E-state index in [1.54, 1.807) is 19.1 Å². The van der Waals surface area contributed by atoms with Crippen molar-refractivity contribution in [2.24, 2.45) is 0 Å². The van der Waals surface area contributed by atoms with Crippen LogP contribution in [0.15, 0.2) is 23.8 Å². The largest absolute Gasteiger partial charge is 0.466 e. The first-order chi connectivity index (χ1) is 8.52. The number of Topliss-reactive ketones (excluding diaryl/α,β-unsaturated/α-hetero) is 1. The smallest absolute Gasteiger partial charge is 0.310 e. The van der Waals surface area contributed by atoms with Crippen LogP contribution in [-0.2, 0) is 14.3 Å². The Labute approximate surface area is 107 Å². The number of rotatable bonds is 5. The first-order valence-corrected chi connectivity index (χ1v) is 5.83. The second-order valence-corrected chi connectivity index (χ2v) is 3.91. The Kier molecular flexibility index (Phi) is 5.24. The van der Waals surface area contributed by atoms with E-state index in [1.807, 2.05) is 19.1 Å². The summed E-state index contributed by atoms with van der Waals surface area (Å²) in [4.78, 5) is 27.1. The second kappa shape index (κ2) is 6.69. The Hall–Kier alpha value is -1.97. The number of aromatic nitrogens is 1. The molecule has 0 bridgehead atoms. The van der Waals surface area contributed by atoms with Crippen LogP contribution in [-0.4, -0.2) is 23.3 Å². The van der Waals surface area contributed by atoms with Gasteiger partial charge in [-0.05, 0) is 39.0 Å². The number of aryl methyl sites for hydroxylation is 1. The topological polar surface area (TPSA) is 56.3 Å². The van der Waals surface area contributed by atoms with E-state index < -0.39 is 5.97 Å². The molecular weight excluding hydrogens is 230 g/mol. The minimum absolute atomic E-state index is 0.0151. The van der Waals surface area contributed by atoms with Crippen LogP contribution in [0.25, 0.3) is 6.08 Å². The minimum Gasteiger partial charge on any atom is -0.466 e. The summed E-state index contributed by atoms with van der Waals surface area (Å²) in [6, 6.07) is 5.52. The first kappa shape index (κ1) is 14.1. The Morgan fingerprint density at radius 3 is 2.67 bits per heavy atom. The third kappa shape index (κ3) is 4.49. The highest BCUT2D eigenvalue weighted by molar-refractivity contribution is 6.01. The van der Waals surface area contributed by atoms with Gasteiger partial charge < -0.3 is 4.74 Å². The molecule has 0 amide bonds. The zero-order chi connectivity index (χ0) is 13.5. The van der Waals surface area contributed by atoms with E-state index in [0.717, 1.165) is 5.69 Å². The van der Waals surface area contributed by atoms with E-state index in [1.165, 1.54) is 6.92 Å². The van der Waals surface area contributed by atoms with Crippen LogP contribution >= 0.6 is 0 Å². The lowest BCUT2D eigenvalue weighted by atomic mass is 10.1. The van der Waals surface area contributed by atoms with Gasteiger partial charge in [-0.2, -0.15) is 0 Å². The highest BCUT2D eigenvalue weighted by Gasteiger charge is 2.11. The fourth-order valence-corrected chi connectivity index (χ4v) is 1.47. The van der Waals surface area contributed by atoms with Crippen LogP contribution < -0.4 is 0 Å². The molecule has 0 aliphatic carbocycles. The van der Waals surface area contributed by atoms with E-state index in [9.17, 15) is 9.59 Å². The normalized spacial score (nSPS) is 11.2. The van der Waals surface area contributed by atoms with E-state index in [2.05, 4.69) is 4.98 Å². The Balaban J connectivity index is 2.91. The van der Waals surface area contributed by atoms with E-state index >= 15 is 0 Å². The summed E-state index contributed by atoms with van der Waals surface area (Å²) in [5.74, 6) is -0.544. The zero-order valence-electron chi connectivity index (χ0n) is 10.9. The van der Waals surface area contributed by atoms with Gasteiger partial charge in [-0.15, -0.1) is 0 Å². The van der Waals surface area contributed by atoms with Gasteiger partial charge in [-0.3, -0.25) is 14.6 Å². The lowest BCUT2D eigenvalue weighted by Gasteiger charge is -2.04. The molecule has 18 heavy (non-hydrogen) atoms. The summed E-state index contributed by atoms with van der Waals surface area (Å²) in [5.41, 5.74) is 1.94. The number of carbonyl (C=O) groups is 2. The average molecular weight is 247 g/mol. The number of ketones is 1. The van der Waals surface area contributed by atoms with Gasteiger partial charge >= 0.3 is 5.97 Å². The molecule has 0 spiro atoms. The predicted molar refractivity (Wildman–Crippen MR) is 68.9 cm³/mol. The molecule has 1 rings (SSSR count). The van der Waals surface area contributed by atoms with Crippen LogP contribution in [0.2, 0.25) is 0 Å². The van der Waals surface area contributed by atoms with Gasteiger partial charge in [0.25, 0.3) is 0 Å². The third-order valence-corrected chi connectivity index (χ3v) is 2.32. The van der Waals surface area contributed by atoms with Crippen LogP contribution in [0.3, 0.4) is 0 Å². The van der Waals surface area contributed by atoms with Crippen LogP contribution in [0, 0.1) is 6.92 Å². The van der Waals surface area contributed by atoms with Crippen molar-refractivity contribution in [3.05, 3.63) is 35.2 Å². The molecule has 1 heterocycles.